The molecule has 1 atom stereocenters. The van der Waals surface area contributed by atoms with Crippen LogP contribution in [0.2, 0.25) is 0 Å². The summed E-state index contributed by atoms with van der Waals surface area (Å²) in [4.78, 5) is 2.57. The molecule has 0 amide bonds. The monoisotopic (exact) mass is 246 g/mol. The molecule has 1 aromatic carbocycles. The average Bonchev–Trinajstić information content (AvgIpc) is 2.76. The van der Waals surface area contributed by atoms with E-state index in [0.29, 0.717) is 6.04 Å². The molecule has 0 saturated carbocycles. The third-order valence-electron chi connectivity index (χ3n) is 3.57. The van der Waals surface area contributed by atoms with Crippen LogP contribution in [-0.2, 0) is 6.54 Å². The summed E-state index contributed by atoms with van der Waals surface area (Å²) in [5.74, 6) is 0. The van der Waals surface area contributed by atoms with Crippen LogP contribution in [0.25, 0.3) is 10.1 Å². The first-order valence-corrected chi connectivity index (χ1v) is 7.12. The molecule has 0 radical (unpaired) electrons. The fourth-order valence-corrected chi connectivity index (χ4v) is 3.45. The number of nitrogens with zero attached hydrogens (tertiary/aromatic N) is 1. The van der Waals surface area contributed by atoms with Crippen molar-refractivity contribution >= 4 is 21.4 Å². The topological polar surface area (TPSA) is 15.3 Å². The molecule has 1 fully saturated rings. The van der Waals surface area contributed by atoms with Crippen LogP contribution in [0, 0.1) is 0 Å². The summed E-state index contributed by atoms with van der Waals surface area (Å²) < 4.78 is 1.41. The first-order chi connectivity index (χ1) is 8.34. The van der Waals surface area contributed by atoms with E-state index in [4.69, 9.17) is 0 Å². The van der Waals surface area contributed by atoms with Crippen LogP contribution in [0.5, 0.6) is 0 Å². The van der Waals surface area contributed by atoms with E-state index in [0.717, 1.165) is 26.2 Å². The van der Waals surface area contributed by atoms with Gasteiger partial charge in [-0.3, -0.25) is 4.90 Å². The minimum absolute atomic E-state index is 0.641. The van der Waals surface area contributed by atoms with Crippen molar-refractivity contribution in [2.75, 3.05) is 19.6 Å². The molecule has 3 heteroatoms. The highest BCUT2D eigenvalue weighted by Crippen LogP contribution is 2.27. The van der Waals surface area contributed by atoms with Crippen molar-refractivity contribution in [1.82, 2.24) is 10.2 Å². The zero-order chi connectivity index (χ0) is 11.7. The van der Waals surface area contributed by atoms with Crippen molar-refractivity contribution < 1.29 is 0 Å². The van der Waals surface area contributed by atoms with Crippen molar-refractivity contribution in [1.29, 1.82) is 0 Å². The van der Waals surface area contributed by atoms with E-state index in [-0.39, 0.29) is 0 Å². The molecule has 2 heterocycles. The predicted molar refractivity (Wildman–Crippen MR) is 74.6 cm³/mol. The second kappa shape index (κ2) is 4.77. The van der Waals surface area contributed by atoms with Crippen molar-refractivity contribution in [3.05, 3.63) is 35.2 Å². The van der Waals surface area contributed by atoms with E-state index < -0.39 is 0 Å². The molecule has 17 heavy (non-hydrogen) atoms. The lowest BCUT2D eigenvalue weighted by atomic mass is 10.1. The predicted octanol–water partition coefficient (Wildman–Crippen LogP) is 2.70. The number of piperazine rings is 1. The van der Waals surface area contributed by atoms with E-state index in [1.54, 1.807) is 0 Å². The molecule has 1 aliphatic rings. The van der Waals surface area contributed by atoms with Crippen LogP contribution >= 0.6 is 11.3 Å². The summed E-state index contributed by atoms with van der Waals surface area (Å²) >= 11 is 1.86. The minimum Gasteiger partial charge on any atom is -0.314 e. The SMILES string of the molecule is C[C@H]1CNCCN1Cc1csc2ccccc12. The number of thiophene rings is 1. The Balaban J connectivity index is 1.84. The number of hydrogen-bond donors (Lipinski definition) is 1. The lowest BCUT2D eigenvalue weighted by molar-refractivity contribution is 0.166. The average molecular weight is 246 g/mol. The maximum Gasteiger partial charge on any atom is 0.0346 e. The van der Waals surface area contributed by atoms with Gasteiger partial charge in [-0.25, -0.2) is 0 Å². The van der Waals surface area contributed by atoms with E-state index in [1.807, 2.05) is 11.3 Å². The van der Waals surface area contributed by atoms with Gasteiger partial charge >= 0.3 is 0 Å². The van der Waals surface area contributed by atoms with E-state index in [1.165, 1.54) is 15.6 Å². The first-order valence-electron chi connectivity index (χ1n) is 6.24. The van der Waals surface area contributed by atoms with Crippen molar-refractivity contribution in [2.24, 2.45) is 0 Å². The number of benzene rings is 1. The number of fused-ring (bicyclic) bond motifs is 1. The maximum absolute atomic E-state index is 3.44. The van der Waals surface area contributed by atoms with Crippen LogP contribution in [0.1, 0.15) is 12.5 Å². The van der Waals surface area contributed by atoms with Crippen LogP contribution < -0.4 is 5.32 Å². The first kappa shape index (κ1) is 11.2. The molecular weight excluding hydrogens is 228 g/mol. The molecule has 0 bridgehead atoms. The second-order valence-corrected chi connectivity index (χ2v) is 5.69. The Morgan fingerprint density at radius 2 is 2.29 bits per heavy atom. The highest BCUT2D eigenvalue weighted by Gasteiger charge is 2.18. The van der Waals surface area contributed by atoms with Gasteiger partial charge in [0.25, 0.3) is 0 Å². The molecule has 0 aliphatic carbocycles. The molecule has 0 spiro atoms. The zero-order valence-corrected chi connectivity index (χ0v) is 11.0. The molecule has 2 aromatic rings. The van der Waals surface area contributed by atoms with Crippen LogP contribution in [-0.4, -0.2) is 30.6 Å². The zero-order valence-electron chi connectivity index (χ0n) is 10.1. The van der Waals surface area contributed by atoms with Gasteiger partial charge in [-0.1, -0.05) is 18.2 Å². The lowest BCUT2D eigenvalue weighted by Crippen LogP contribution is -2.49. The van der Waals surface area contributed by atoms with Gasteiger partial charge in [-0.05, 0) is 29.3 Å². The summed E-state index contributed by atoms with van der Waals surface area (Å²) in [6, 6.07) is 9.36. The van der Waals surface area contributed by atoms with Gasteiger partial charge in [0.15, 0.2) is 0 Å². The maximum atomic E-state index is 3.44. The summed E-state index contributed by atoms with van der Waals surface area (Å²) in [6.45, 7) is 6.79. The van der Waals surface area contributed by atoms with Gasteiger partial charge in [-0.2, -0.15) is 0 Å². The summed E-state index contributed by atoms with van der Waals surface area (Å²) in [5.41, 5.74) is 1.49. The molecule has 0 unspecified atom stereocenters. The summed E-state index contributed by atoms with van der Waals surface area (Å²) in [7, 11) is 0. The van der Waals surface area contributed by atoms with Gasteiger partial charge in [0, 0.05) is 36.9 Å². The smallest absolute Gasteiger partial charge is 0.0346 e. The molecule has 1 aromatic heterocycles. The quantitative estimate of drug-likeness (QED) is 0.876. The summed E-state index contributed by atoms with van der Waals surface area (Å²) in [5, 5.41) is 7.19. The van der Waals surface area contributed by atoms with Gasteiger partial charge < -0.3 is 5.32 Å². The Labute approximate surface area is 106 Å². The fourth-order valence-electron chi connectivity index (χ4n) is 2.49. The van der Waals surface area contributed by atoms with Gasteiger partial charge in [0.2, 0.25) is 0 Å². The van der Waals surface area contributed by atoms with Crippen LogP contribution in [0.4, 0.5) is 0 Å². The largest absolute Gasteiger partial charge is 0.314 e. The molecular formula is C14H18N2S. The normalized spacial score (nSPS) is 22.1. The van der Waals surface area contributed by atoms with Gasteiger partial charge in [0.05, 0.1) is 0 Å². The highest BCUT2D eigenvalue weighted by molar-refractivity contribution is 7.17. The molecule has 2 nitrogen and oxygen atoms in total. The van der Waals surface area contributed by atoms with Crippen molar-refractivity contribution in [2.45, 2.75) is 19.5 Å². The van der Waals surface area contributed by atoms with Crippen LogP contribution in [0.3, 0.4) is 0 Å². The second-order valence-electron chi connectivity index (χ2n) is 4.78. The van der Waals surface area contributed by atoms with Crippen LogP contribution in [0.15, 0.2) is 29.6 Å². The van der Waals surface area contributed by atoms with Gasteiger partial charge in [0.1, 0.15) is 0 Å². The minimum atomic E-state index is 0.641. The number of hydrogen-bond acceptors (Lipinski definition) is 3. The standard InChI is InChI=1S/C14H18N2S/c1-11-8-15-6-7-16(11)9-12-10-17-14-5-3-2-4-13(12)14/h2-5,10-11,15H,6-9H2,1H3/t11-/m0/s1. The Kier molecular flexibility index (Phi) is 3.14. The molecule has 1 saturated heterocycles. The van der Waals surface area contributed by atoms with Crippen molar-refractivity contribution in [3.63, 3.8) is 0 Å². The third-order valence-corrected chi connectivity index (χ3v) is 4.59. The number of rotatable bonds is 2. The third kappa shape index (κ3) is 2.23. The van der Waals surface area contributed by atoms with E-state index >= 15 is 0 Å². The Morgan fingerprint density at radius 1 is 1.41 bits per heavy atom. The molecule has 90 valence electrons. The highest BCUT2D eigenvalue weighted by atomic mass is 32.1. The Hall–Kier alpha value is -0.900. The van der Waals surface area contributed by atoms with E-state index in [9.17, 15) is 0 Å². The molecule has 3 rings (SSSR count). The number of nitrogens with one attached hydrogen (secondary N) is 1. The fraction of sp³-hybridized carbons (Fsp3) is 0.429. The molecule has 1 aliphatic heterocycles. The lowest BCUT2D eigenvalue weighted by Gasteiger charge is -2.33. The van der Waals surface area contributed by atoms with Gasteiger partial charge in [-0.15, -0.1) is 11.3 Å². The summed E-state index contributed by atoms with van der Waals surface area (Å²) in [6.07, 6.45) is 0. The van der Waals surface area contributed by atoms with Crippen molar-refractivity contribution in [3.8, 4) is 0 Å². The Bertz CT molecular complexity index is 506. The molecule has 1 N–H and O–H groups in total. The van der Waals surface area contributed by atoms with E-state index in [2.05, 4.69) is 46.8 Å². The Morgan fingerprint density at radius 3 is 3.18 bits per heavy atom.